The predicted molar refractivity (Wildman–Crippen MR) is 44.8 cm³/mol. The molecule has 1 aromatic carbocycles. The van der Waals surface area contributed by atoms with Crippen molar-refractivity contribution in [2.45, 2.75) is 0 Å². The third-order valence-corrected chi connectivity index (χ3v) is 3.25. The van der Waals surface area contributed by atoms with Crippen molar-refractivity contribution in [3.63, 3.8) is 0 Å². The molecular formula is C8H7F2O2P. The van der Waals surface area contributed by atoms with Crippen LogP contribution in [-0.4, -0.2) is 13.2 Å². The first-order valence-corrected chi connectivity index (χ1v) is 4.97. The average molecular weight is 204 g/mol. The van der Waals surface area contributed by atoms with E-state index in [-0.39, 0.29) is 5.30 Å². The molecule has 0 saturated carbocycles. The summed E-state index contributed by atoms with van der Waals surface area (Å²) in [6.45, 7) is 0.805. The molecule has 1 aromatic rings. The van der Waals surface area contributed by atoms with Gasteiger partial charge >= 0.3 is 0 Å². The van der Waals surface area contributed by atoms with Crippen molar-refractivity contribution in [1.29, 1.82) is 0 Å². The highest BCUT2D eigenvalue weighted by atomic mass is 31.2. The topological polar surface area (TPSA) is 18.5 Å². The van der Waals surface area contributed by atoms with Crippen molar-refractivity contribution in [2.75, 3.05) is 13.2 Å². The van der Waals surface area contributed by atoms with Crippen LogP contribution in [0.25, 0.3) is 0 Å². The van der Waals surface area contributed by atoms with E-state index in [1.807, 2.05) is 0 Å². The van der Waals surface area contributed by atoms with Gasteiger partial charge in [0.15, 0.2) is 0 Å². The molecular weight excluding hydrogens is 197 g/mol. The lowest BCUT2D eigenvalue weighted by molar-refractivity contribution is 0.365. The van der Waals surface area contributed by atoms with Crippen LogP contribution >= 0.6 is 8.38 Å². The van der Waals surface area contributed by atoms with Crippen LogP contribution in [0.1, 0.15) is 0 Å². The molecule has 0 spiro atoms. The molecule has 0 aromatic heterocycles. The first-order chi connectivity index (χ1) is 6.29. The number of hydrogen-bond acceptors (Lipinski definition) is 2. The number of benzene rings is 1. The smallest absolute Gasteiger partial charge is 0.211 e. The summed E-state index contributed by atoms with van der Waals surface area (Å²) in [6, 6.07) is 3.72. The van der Waals surface area contributed by atoms with Crippen LogP contribution in [0.15, 0.2) is 18.2 Å². The van der Waals surface area contributed by atoms with Gasteiger partial charge in [-0.25, -0.2) is 8.78 Å². The standard InChI is InChI=1S/C8H7F2O2P/c9-6-2-1-3-7(10)8(6)13-11-4-5-12-13/h1-3H,4-5H2. The SMILES string of the molecule is Fc1cccc(F)c1P1OCCO1. The van der Waals surface area contributed by atoms with E-state index in [1.165, 1.54) is 18.2 Å². The van der Waals surface area contributed by atoms with Gasteiger partial charge in [0, 0.05) is 0 Å². The van der Waals surface area contributed by atoms with E-state index >= 15 is 0 Å². The van der Waals surface area contributed by atoms with E-state index in [1.54, 1.807) is 0 Å². The lowest BCUT2D eigenvalue weighted by atomic mass is 10.3. The molecule has 1 fully saturated rings. The quantitative estimate of drug-likeness (QED) is 0.651. The van der Waals surface area contributed by atoms with Crippen molar-refractivity contribution in [2.24, 2.45) is 0 Å². The van der Waals surface area contributed by atoms with Crippen molar-refractivity contribution in [1.82, 2.24) is 0 Å². The molecule has 2 nitrogen and oxygen atoms in total. The molecule has 0 radical (unpaired) electrons. The van der Waals surface area contributed by atoms with Gasteiger partial charge in [-0.15, -0.1) is 0 Å². The maximum Gasteiger partial charge on any atom is 0.211 e. The molecule has 1 heterocycles. The summed E-state index contributed by atoms with van der Waals surface area (Å²) >= 11 is 0. The van der Waals surface area contributed by atoms with Gasteiger partial charge in [-0.2, -0.15) is 0 Å². The van der Waals surface area contributed by atoms with Crippen LogP contribution < -0.4 is 5.30 Å². The van der Waals surface area contributed by atoms with Gasteiger partial charge in [0.05, 0.1) is 13.2 Å². The molecule has 1 aliphatic heterocycles. The highest BCUT2D eigenvalue weighted by Crippen LogP contribution is 2.42. The van der Waals surface area contributed by atoms with E-state index in [0.29, 0.717) is 13.2 Å². The van der Waals surface area contributed by atoms with Gasteiger partial charge in [-0.3, -0.25) is 0 Å². The second kappa shape index (κ2) is 3.66. The van der Waals surface area contributed by atoms with Crippen LogP contribution in [0.2, 0.25) is 0 Å². The Balaban J connectivity index is 2.37. The van der Waals surface area contributed by atoms with E-state index in [9.17, 15) is 8.78 Å². The minimum atomic E-state index is -1.53. The number of hydrogen-bond donors (Lipinski definition) is 0. The largest absolute Gasteiger partial charge is 0.328 e. The van der Waals surface area contributed by atoms with E-state index < -0.39 is 20.0 Å². The lowest BCUT2D eigenvalue weighted by Gasteiger charge is -2.09. The summed E-state index contributed by atoms with van der Waals surface area (Å²) in [7, 11) is -1.53. The molecule has 0 bridgehead atoms. The fraction of sp³-hybridized carbons (Fsp3) is 0.250. The Hall–Kier alpha value is -0.570. The molecule has 0 unspecified atom stereocenters. The van der Waals surface area contributed by atoms with Gasteiger partial charge in [-0.05, 0) is 12.1 Å². The molecule has 1 aliphatic rings. The Morgan fingerprint density at radius 3 is 2.15 bits per heavy atom. The molecule has 70 valence electrons. The first kappa shape index (κ1) is 9.00. The Morgan fingerprint density at radius 2 is 1.62 bits per heavy atom. The molecule has 0 aliphatic carbocycles. The van der Waals surface area contributed by atoms with Crippen LogP contribution in [0, 0.1) is 11.6 Å². The summed E-state index contributed by atoms with van der Waals surface area (Å²) < 4.78 is 36.4. The predicted octanol–water partition coefficient (Wildman–Crippen LogP) is 1.95. The highest BCUT2D eigenvalue weighted by molar-refractivity contribution is 7.56. The summed E-state index contributed by atoms with van der Waals surface area (Å²) in [5.74, 6) is -1.21. The van der Waals surface area contributed by atoms with Crippen LogP contribution in [0.4, 0.5) is 8.78 Å². The molecule has 0 N–H and O–H groups in total. The number of halogens is 2. The molecule has 5 heteroatoms. The van der Waals surface area contributed by atoms with Crippen LogP contribution in [0.5, 0.6) is 0 Å². The maximum atomic E-state index is 13.1. The van der Waals surface area contributed by atoms with Crippen molar-refractivity contribution in [3.05, 3.63) is 29.8 Å². The normalized spacial score (nSPS) is 18.0. The molecule has 13 heavy (non-hydrogen) atoms. The van der Waals surface area contributed by atoms with Crippen molar-refractivity contribution < 1.29 is 17.8 Å². The summed E-state index contributed by atoms with van der Waals surface area (Å²) in [6.07, 6.45) is 0. The second-order valence-electron chi connectivity index (χ2n) is 2.49. The third kappa shape index (κ3) is 1.70. The molecule has 2 rings (SSSR count). The molecule has 0 amide bonds. The van der Waals surface area contributed by atoms with Crippen molar-refractivity contribution >= 4 is 13.7 Å². The van der Waals surface area contributed by atoms with E-state index in [4.69, 9.17) is 9.05 Å². The van der Waals surface area contributed by atoms with E-state index in [0.717, 1.165) is 0 Å². The Labute approximate surface area is 75.4 Å². The minimum Gasteiger partial charge on any atom is -0.328 e. The van der Waals surface area contributed by atoms with Gasteiger partial charge in [-0.1, -0.05) is 6.07 Å². The molecule has 0 atom stereocenters. The fourth-order valence-electron chi connectivity index (χ4n) is 1.07. The van der Waals surface area contributed by atoms with Gasteiger partial charge in [0.25, 0.3) is 0 Å². The molecule has 1 saturated heterocycles. The van der Waals surface area contributed by atoms with Crippen molar-refractivity contribution in [3.8, 4) is 0 Å². The summed E-state index contributed by atoms with van der Waals surface area (Å²) in [4.78, 5) is 0. The van der Waals surface area contributed by atoms with Crippen LogP contribution in [-0.2, 0) is 9.05 Å². The Morgan fingerprint density at radius 1 is 1.08 bits per heavy atom. The zero-order valence-electron chi connectivity index (χ0n) is 6.67. The van der Waals surface area contributed by atoms with Gasteiger partial charge in [0.2, 0.25) is 8.38 Å². The maximum absolute atomic E-state index is 13.1. The highest BCUT2D eigenvalue weighted by Gasteiger charge is 2.26. The lowest BCUT2D eigenvalue weighted by Crippen LogP contribution is -2.11. The zero-order valence-corrected chi connectivity index (χ0v) is 7.56. The summed E-state index contributed by atoms with van der Waals surface area (Å²) in [5, 5.41) is -0.0741. The minimum absolute atomic E-state index is 0.0741. The van der Waals surface area contributed by atoms with Crippen LogP contribution in [0.3, 0.4) is 0 Å². The Bertz CT molecular complexity index is 293. The number of rotatable bonds is 1. The second-order valence-corrected chi connectivity index (χ2v) is 3.97. The fourth-order valence-corrected chi connectivity index (χ4v) is 2.38. The van der Waals surface area contributed by atoms with E-state index in [2.05, 4.69) is 0 Å². The third-order valence-electron chi connectivity index (χ3n) is 1.62. The Kier molecular flexibility index (Phi) is 2.54. The monoisotopic (exact) mass is 204 g/mol. The summed E-state index contributed by atoms with van der Waals surface area (Å²) in [5.41, 5.74) is 0. The zero-order chi connectivity index (χ0) is 9.26. The first-order valence-electron chi connectivity index (χ1n) is 3.79. The van der Waals surface area contributed by atoms with Gasteiger partial charge < -0.3 is 9.05 Å². The van der Waals surface area contributed by atoms with Gasteiger partial charge in [0.1, 0.15) is 16.9 Å². The average Bonchev–Trinajstić information content (AvgIpc) is 2.57.